The van der Waals surface area contributed by atoms with Crippen molar-refractivity contribution in [2.75, 3.05) is 7.05 Å². The number of rotatable bonds is 4. The summed E-state index contributed by atoms with van der Waals surface area (Å²) in [6.07, 6.45) is 0.857. The molecule has 0 bridgehead atoms. The normalized spacial score (nSPS) is 12.4. The molecule has 2 rings (SSSR count). The highest BCUT2D eigenvalue weighted by Crippen LogP contribution is 2.31. The van der Waals surface area contributed by atoms with Crippen molar-refractivity contribution in [2.45, 2.75) is 19.4 Å². The Morgan fingerprint density at radius 1 is 1.10 bits per heavy atom. The van der Waals surface area contributed by atoms with Crippen LogP contribution in [0.25, 0.3) is 0 Å². The second kappa shape index (κ2) is 6.33. The van der Waals surface area contributed by atoms with Crippen molar-refractivity contribution < 1.29 is 8.78 Å². The van der Waals surface area contributed by atoms with E-state index in [0.717, 1.165) is 29.7 Å². The van der Waals surface area contributed by atoms with Crippen LogP contribution in [-0.2, 0) is 6.42 Å². The SMILES string of the molecule is CCc1ccccc1C(NC)c1cc(F)c(F)cc1Cl. The predicted molar refractivity (Wildman–Crippen MR) is 78.1 cm³/mol. The van der Waals surface area contributed by atoms with Crippen molar-refractivity contribution >= 4 is 11.6 Å². The molecule has 0 spiro atoms. The van der Waals surface area contributed by atoms with Crippen LogP contribution in [0.3, 0.4) is 0 Å². The van der Waals surface area contributed by atoms with E-state index in [1.807, 2.05) is 24.3 Å². The summed E-state index contributed by atoms with van der Waals surface area (Å²) in [6, 6.07) is 9.78. The molecule has 1 unspecified atom stereocenters. The van der Waals surface area contributed by atoms with E-state index in [4.69, 9.17) is 11.6 Å². The third-order valence-corrected chi connectivity index (χ3v) is 3.71. The van der Waals surface area contributed by atoms with Gasteiger partial charge in [-0.05, 0) is 42.3 Å². The van der Waals surface area contributed by atoms with Gasteiger partial charge in [-0.1, -0.05) is 42.8 Å². The highest BCUT2D eigenvalue weighted by Gasteiger charge is 2.19. The fourth-order valence-corrected chi connectivity index (χ4v) is 2.63. The summed E-state index contributed by atoms with van der Waals surface area (Å²) in [6.45, 7) is 2.05. The van der Waals surface area contributed by atoms with Gasteiger partial charge in [0.25, 0.3) is 0 Å². The molecule has 20 heavy (non-hydrogen) atoms. The van der Waals surface area contributed by atoms with Gasteiger partial charge in [0.05, 0.1) is 6.04 Å². The molecule has 106 valence electrons. The van der Waals surface area contributed by atoms with Crippen LogP contribution in [0.2, 0.25) is 5.02 Å². The summed E-state index contributed by atoms with van der Waals surface area (Å²) in [5.41, 5.74) is 2.70. The Bertz CT molecular complexity index is 613. The van der Waals surface area contributed by atoms with Gasteiger partial charge in [-0.15, -0.1) is 0 Å². The summed E-state index contributed by atoms with van der Waals surface area (Å²) in [4.78, 5) is 0. The molecule has 4 heteroatoms. The maximum absolute atomic E-state index is 13.5. The van der Waals surface area contributed by atoms with Gasteiger partial charge < -0.3 is 5.32 Å². The molecule has 0 heterocycles. The quantitative estimate of drug-likeness (QED) is 0.820. The zero-order valence-electron chi connectivity index (χ0n) is 11.4. The third kappa shape index (κ3) is 2.84. The zero-order chi connectivity index (χ0) is 14.7. The Morgan fingerprint density at radius 2 is 1.75 bits per heavy atom. The minimum atomic E-state index is -0.933. The van der Waals surface area contributed by atoms with Crippen LogP contribution in [0.15, 0.2) is 36.4 Å². The lowest BCUT2D eigenvalue weighted by Gasteiger charge is -2.21. The number of nitrogens with one attached hydrogen (secondary N) is 1. The van der Waals surface area contributed by atoms with Gasteiger partial charge >= 0.3 is 0 Å². The lowest BCUT2D eigenvalue weighted by Crippen LogP contribution is -2.20. The van der Waals surface area contributed by atoms with Crippen molar-refractivity contribution in [1.29, 1.82) is 0 Å². The third-order valence-electron chi connectivity index (χ3n) is 3.39. The van der Waals surface area contributed by atoms with E-state index in [1.165, 1.54) is 0 Å². The van der Waals surface area contributed by atoms with Gasteiger partial charge in [0.2, 0.25) is 0 Å². The van der Waals surface area contributed by atoms with Crippen LogP contribution < -0.4 is 5.32 Å². The van der Waals surface area contributed by atoms with E-state index in [1.54, 1.807) is 7.05 Å². The Balaban J connectivity index is 2.55. The fourth-order valence-electron chi connectivity index (χ4n) is 2.38. The highest BCUT2D eigenvalue weighted by molar-refractivity contribution is 6.31. The standard InChI is InChI=1S/C16H16ClF2N/c1-3-10-6-4-5-7-11(10)16(20-2)12-8-14(18)15(19)9-13(12)17/h4-9,16,20H,3H2,1-2H3. The topological polar surface area (TPSA) is 12.0 Å². The van der Waals surface area contributed by atoms with E-state index in [2.05, 4.69) is 12.2 Å². The Hall–Kier alpha value is -1.45. The maximum atomic E-state index is 13.5. The van der Waals surface area contributed by atoms with Gasteiger partial charge in [-0.2, -0.15) is 0 Å². The summed E-state index contributed by atoms with van der Waals surface area (Å²) in [5, 5.41) is 3.34. The maximum Gasteiger partial charge on any atom is 0.160 e. The molecule has 0 aliphatic rings. The number of hydrogen-bond acceptors (Lipinski definition) is 1. The van der Waals surface area contributed by atoms with E-state index >= 15 is 0 Å². The lowest BCUT2D eigenvalue weighted by atomic mass is 9.93. The molecule has 0 saturated heterocycles. The van der Waals surface area contributed by atoms with Crippen molar-refractivity contribution in [3.05, 3.63) is 69.7 Å². The smallest absolute Gasteiger partial charge is 0.160 e. The molecule has 0 fully saturated rings. The van der Waals surface area contributed by atoms with Gasteiger partial charge in [0.1, 0.15) is 0 Å². The summed E-state index contributed by atoms with van der Waals surface area (Å²) < 4.78 is 26.7. The molecule has 1 atom stereocenters. The van der Waals surface area contributed by atoms with Crippen molar-refractivity contribution in [3.63, 3.8) is 0 Å². The monoisotopic (exact) mass is 295 g/mol. The molecular formula is C16H16ClF2N. The zero-order valence-corrected chi connectivity index (χ0v) is 12.1. The average molecular weight is 296 g/mol. The van der Waals surface area contributed by atoms with Crippen molar-refractivity contribution in [1.82, 2.24) is 5.32 Å². The molecule has 0 radical (unpaired) electrons. The molecule has 2 aromatic carbocycles. The lowest BCUT2D eigenvalue weighted by molar-refractivity contribution is 0.505. The Morgan fingerprint density at radius 3 is 2.40 bits per heavy atom. The first kappa shape index (κ1) is 14.9. The second-order valence-corrected chi connectivity index (χ2v) is 4.97. The van der Waals surface area contributed by atoms with Gasteiger partial charge in [0.15, 0.2) is 11.6 Å². The first-order valence-electron chi connectivity index (χ1n) is 6.48. The molecule has 1 N–H and O–H groups in total. The van der Waals surface area contributed by atoms with E-state index in [0.29, 0.717) is 5.56 Å². The molecule has 0 aliphatic heterocycles. The second-order valence-electron chi connectivity index (χ2n) is 4.56. The molecule has 0 aromatic heterocycles. The minimum Gasteiger partial charge on any atom is -0.309 e. The molecule has 2 aromatic rings. The number of hydrogen-bond donors (Lipinski definition) is 1. The van der Waals surface area contributed by atoms with Crippen LogP contribution in [0.5, 0.6) is 0 Å². The summed E-state index contributed by atoms with van der Waals surface area (Å²) in [7, 11) is 1.77. The van der Waals surface area contributed by atoms with Gasteiger partial charge in [-0.3, -0.25) is 0 Å². The Labute approximate surface area is 122 Å². The van der Waals surface area contributed by atoms with E-state index in [-0.39, 0.29) is 11.1 Å². The van der Waals surface area contributed by atoms with Crippen LogP contribution in [-0.4, -0.2) is 7.05 Å². The largest absolute Gasteiger partial charge is 0.309 e. The molecule has 0 aliphatic carbocycles. The van der Waals surface area contributed by atoms with Crippen molar-refractivity contribution in [3.8, 4) is 0 Å². The molecule has 1 nitrogen and oxygen atoms in total. The minimum absolute atomic E-state index is 0.217. The predicted octanol–water partition coefficient (Wildman–Crippen LogP) is 4.49. The number of halogens is 3. The van der Waals surface area contributed by atoms with Crippen LogP contribution in [0.1, 0.15) is 29.7 Å². The van der Waals surface area contributed by atoms with Crippen LogP contribution in [0.4, 0.5) is 8.78 Å². The van der Waals surface area contributed by atoms with Crippen LogP contribution in [0, 0.1) is 11.6 Å². The molecular weight excluding hydrogens is 280 g/mol. The van der Waals surface area contributed by atoms with Gasteiger partial charge in [-0.25, -0.2) is 8.78 Å². The van der Waals surface area contributed by atoms with E-state index < -0.39 is 11.6 Å². The molecule has 0 amide bonds. The highest BCUT2D eigenvalue weighted by atomic mass is 35.5. The molecule has 0 saturated carbocycles. The number of benzene rings is 2. The van der Waals surface area contributed by atoms with Crippen LogP contribution >= 0.6 is 11.6 Å². The summed E-state index contributed by atoms with van der Waals surface area (Å²) in [5.74, 6) is -1.82. The van der Waals surface area contributed by atoms with E-state index in [9.17, 15) is 8.78 Å². The first-order valence-corrected chi connectivity index (χ1v) is 6.85. The van der Waals surface area contributed by atoms with Crippen molar-refractivity contribution in [2.24, 2.45) is 0 Å². The Kier molecular flexibility index (Phi) is 4.73. The number of aryl methyl sites for hydroxylation is 1. The summed E-state index contributed by atoms with van der Waals surface area (Å²) >= 11 is 6.07. The average Bonchev–Trinajstić information content (AvgIpc) is 2.45. The fraction of sp³-hybridized carbons (Fsp3) is 0.250. The van der Waals surface area contributed by atoms with Gasteiger partial charge in [0, 0.05) is 5.02 Å². The first-order chi connectivity index (χ1) is 9.58.